The Morgan fingerprint density at radius 2 is 1.92 bits per heavy atom. The summed E-state index contributed by atoms with van der Waals surface area (Å²) in [5.74, 6) is -0.100. The highest BCUT2D eigenvalue weighted by atomic mass is 35.5. The lowest BCUT2D eigenvalue weighted by Gasteiger charge is -2.08. The van der Waals surface area contributed by atoms with Crippen LogP contribution in [0.25, 0.3) is 10.9 Å². The van der Waals surface area contributed by atoms with Crippen LogP contribution < -0.4 is 5.32 Å². The number of nitrogens with one attached hydrogen (secondary N) is 1. The zero-order chi connectivity index (χ0) is 18.0. The summed E-state index contributed by atoms with van der Waals surface area (Å²) in [6.07, 6.45) is 2.19. The molecule has 1 aromatic heterocycles. The number of benzene rings is 2. The van der Waals surface area contributed by atoms with Crippen LogP contribution in [-0.4, -0.2) is 16.3 Å². The van der Waals surface area contributed by atoms with Crippen molar-refractivity contribution in [2.45, 2.75) is 26.8 Å². The van der Waals surface area contributed by atoms with Crippen LogP contribution in [0.15, 0.2) is 48.7 Å². The molecule has 0 spiro atoms. The van der Waals surface area contributed by atoms with E-state index in [2.05, 4.69) is 5.32 Å². The molecule has 128 valence electrons. The largest absolute Gasteiger partial charge is 0.337 e. The van der Waals surface area contributed by atoms with Gasteiger partial charge in [0.15, 0.2) is 5.78 Å². The molecule has 0 aliphatic heterocycles. The molecule has 0 radical (unpaired) electrons. The van der Waals surface area contributed by atoms with E-state index < -0.39 is 0 Å². The number of aromatic nitrogens is 1. The van der Waals surface area contributed by atoms with Gasteiger partial charge in [-0.1, -0.05) is 42.8 Å². The number of fused-ring (bicyclic) bond motifs is 1. The minimum Gasteiger partial charge on any atom is -0.337 e. The minimum absolute atomic E-state index is 0.0701. The maximum atomic E-state index is 12.4. The molecular weight excluding hydrogens is 336 g/mol. The predicted octanol–water partition coefficient (Wildman–Crippen LogP) is 4.83. The molecule has 0 atom stereocenters. The normalized spacial score (nSPS) is 10.8. The summed E-state index contributed by atoms with van der Waals surface area (Å²) in [7, 11) is 0. The molecule has 0 unspecified atom stereocenters. The van der Waals surface area contributed by atoms with E-state index in [9.17, 15) is 9.59 Å². The van der Waals surface area contributed by atoms with Crippen LogP contribution in [0.2, 0.25) is 5.02 Å². The Morgan fingerprint density at radius 3 is 2.64 bits per heavy atom. The Morgan fingerprint density at radius 1 is 1.16 bits per heavy atom. The third-order valence-corrected chi connectivity index (χ3v) is 4.59. The van der Waals surface area contributed by atoms with Gasteiger partial charge in [0.05, 0.1) is 0 Å². The van der Waals surface area contributed by atoms with Crippen molar-refractivity contribution in [3.63, 3.8) is 0 Å². The van der Waals surface area contributed by atoms with Crippen LogP contribution in [-0.2, 0) is 11.3 Å². The highest BCUT2D eigenvalue weighted by Gasteiger charge is 2.15. The Labute approximate surface area is 151 Å². The lowest BCUT2D eigenvalue weighted by Crippen LogP contribution is -2.18. The van der Waals surface area contributed by atoms with Crippen LogP contribution in [0.5, 0.6) is 0 Å². The molecule has 2 aromatic carbocycles. The molecule has 1 N–H and O–H groups in total. The fourth-order valence-electron chi connectivity index (χ4n) is 2.82. The zero-order valence-corrected chi connectivity index (χ0v) is 14.9. The van der Waals surface area contributed by atoms with E-state index in [0.29, 0.717) is 22.7 Å². The van der Waals surface area contributed by atoms with Gasteiger partial charge in [-0.3, -0.25) is 9.59 Å². The molecule has 25 heavy (non-hydrogen) atoms. The van der Waals surface area contributed by atoms with Gasteiger partial charge < -0.3 is 9.88 Å². The van der Waals surface area contributed by atoms with Gasteiger partial charge in [0.2, 0.25) is 5.91 Å². The molecule has 3 aromatic rings. The van der Waals surface area contributed by atoms with Gasteiger partial charge >= 0.3 is 0 Å². The monoisotopic (exact) mass is 354 g/mol. The lowest BCUT2D eigenvalue weighted by atomic mass is 10.1. The predicted molar refractivity (Wildman–Crippen MR) is 101 cm³/mol. The SMILES string of the molecule is CCC(=O)c1cn(CC(=O)Nc2ccc(C)c(Cl)c2)c2ccccc12. The van der Waals surface area contributed by atoms with E-state index >= 15 is 0 Å². The smallest absolute Gasteiger partial charge is 0.244 e. The van der Waals surface area contributed by atoms with Crippen LogP contribution >= 0.6 is 11.6 Å². The minimum atomic E-state index is -0.170. The number of para-hydroxylation sites is 1. The first kappa shape index (κ1) is 17.2. The van der Waals surface area contributed by atoms with E-state index in [-0.39, 0.29) is 18.2 Å². The van der Waals surface area contributed by atoms with Gasteiger partial charge in [0, 0.05) is 39.8 Å². The van der Waals surface area contributed by atoms with Crippen molar-refractivity contribution in [1.82, 2.24) is 4.57 Å². The number of Topliss-reactive ketones (excluding diaryl/α,β-unsaturated/α-hetero) is 1. The number of aryl methyl sites for hydroxylation is 1. The van der Waals surface area contributed by atoms with Crippen molar-refractivity contribution in [3.05, 3.63) is 64.8 Å². The molecule has 0 saturated carbocycles. The van der Waals surface area contributed by atoms with Crippen molar-refractivity contribution in [3.8, 4) is 0 Å². The Kier molecular flexibility index (Phi) is 4.91. The van der Waals surface area contributed by atoms with Crippen molar-refractivity contribution in [1.29, 1.82) is 0 Å². The molecule has 3 rings (SSSR count). The van der Waals surface area contributed by atoms with Crippen LogP contribution in [0.3, 0.4) is 0 Å². The molecular formula is C20H19ClN2O2. The molecule has 0 saturated heterocycles. The summed E-state index contributed by atoms with van der Waals surface area (Å²) in [4.78, 5) is 24.6. The van der Waals surface area contributed by atoms with E-state index in [0.717, 1.165) is 16.5 Å². The number of amides is 1. The number of carbonyl (C=O) groups is 2. The summed E-state index contributed by atoms with van der Waals surface area (Å²) in [6, 6.07) is 13.0. The van der Waals surface area contributed by atoms with Crippen molar-refractivity contribution in [2.24, 2.45) is 0 Å². The molecule has 4 nitrogen and oxygen atoms in total. The number of halogens is 1. The lowest BCUT2D eigenvalue weighted by molar-refractivity contribution is -0.116. The average Bonchev–Trinajstić information content (AvgIpc) is 2.96. The topological polar surface area (TPSA) is 51.1 Å². The molecule has 5 heteroatoms. The number of carbonyl (C=O) groups excluding carboxylic acids is 2. The van der Waals surface area contributed by atoms with Crippen molar-refractivity contribution in [2.75, 3.05) is 5.32 Å². The summed E-state index contributed by atoms with van der Waals surface area (Å²) in [5, 5.41) is 4.33. The fourth-order valence-corrected chi connectivity index (χ4v) is 3.00. The quantitative estimate of drug-likeness (QED) is 0.667. The first-order valence-electron chi connectivity index (χ1n) is 8.16. The molecule has 1 amide bonds. The summed E-state index contributed by atoms with van der Waals surface area (Å²) >= 11 is 6.10. The van der Waals surface area contributed by atoms with E-state index in [1.165, 1.54) is 0 Å². The van der Waals surface area contributed by atoms with Crippen LogP contribution in [0.1, 0.15) is 29.3 Å². The number of hydrogen-bond acceptors (Lipinski definition) is 2. The van der Waals surface area contributed by atoms with Crippen LogP contribution in [0.4, 0.5) is 5.69 Å². The van der Waals surface area contributed by atoms with Crippen LogP contribution in [0, 0.1) is 6.92 Å². The second kappa shape index (κ2) is 7.11. The molecule has 0 aliphatic rings. The maximum Gasteiger partial charge on any atom is 0.244 e. The van der Waals surface area contributed by atoms with Gasteiger partial charge in [0.1, 0.15) is 6.54 Å². The second-order valence-electron chi connectivity index (χ2n) is 5.98. The number of rotatable bonds is 5. The van der Waals surface area contributed by atoms with Gasteiger partial charge in [-0.15, -0.1) is 0 Å². The highest BCUT2D eigenvalue weighted by Crippen LogP contribution is 2.23. The van der Waals surface area contributed by atoms with Gasteiger partial charge in [-0.05, 0) is 30.7 Å². The molecule has 0 aliphatic carbocycles. The van der Waals surface area contributed by atoms with E-state index in [4.69, 9.17) is 11.6 Å². The van der Waals surface area contributed by atoms with Gasteiger partial charge in [0.25, 0.3) is 0 Å². The van der Waals surface area contributed by atoms with E-state index in [1.54, 1.807) is 12.3 Å². The Balaban J connectivity index is 1.86. The number of nitrogens with zero attached hydrogens (tertiary/aromatic N) is 1. The molecule has 0 fully saturated rings. The molecule has 1 heterocycles. The third kappa shape index (κ3) is 3.59. The summed E-state index contributed by atoms with van der Waals surface area (Å²) in [6.45, 7) is 3.87. The second-order valence-corrected chi connectivity index (χ2v) is 6.38. The standard InChI is InChI=1S/C20H19ClN2O2/c1-3-19(24)16-11-23(18-7-5-4-6-15(16)18)12-20(25)22-14-9-8-13(2)17(21)10-14/h4-11H,3,12H2,1-2H3,(H,22,25). The number of anilines is 1. The number of ketones is 1. The van der Waals surface area contributed by atoms with E-state index in [1.807, 2.05) is 54.8 Å². The van der Waals surface area contributed by atoms with Gasteiger partial charge in [-0.25, -0.2) is 0 Å². The fraction of sp³-hybridized carbons (Fsp3) is 0.200. The van der Waals surface area contributed by atoms with Crippen molar-refractivity contribution < 1.29 is 9.59 Å². The Hall–Kier alpha value is -2.59. The average molecular weight is 355 g/mol. The summed E-state index contributed by atoms with van der Waals surface area (Å²) in [5.41, 5.74) is 3.14. The zero-order valence-electron chi connectivity index (χ0n) is 14.2. The van der Waals surface area contributed by atoms with Gasteiger partial charge in [-0.2, -0.15) is 0 Å². The first-order valence-corrected chi connectivity index (χ1v) is 8.54. The first-order chi connectivity index (χ1) is 12.0. The third-order valence-electron chi connectivity index (χ3n) is 4.18. The Bertz CT molecular complexity index is 959. The summed E-state index contributed by atoms with van der Waals surface area (Å²) < 4.78 is 1.81. The molecule has 0 bridgehead atoms. The maximum absolute atomic E-state index is 12.4. The number of hydrogen-bond donors (Lipinski definition) is 1. The van der Waals surface area contributed by atoms with Crippen molar-refractivity contribution >= 4 is 39.9 Å². The highest BCUT2D eigenvalue weighted by molar-refractivity contribution is 6.31.